The Morgan fingerprint density at radius 1 is 1.03 bits per heavy atom. The number of Topliss-reactive ketones (excluding diaryl/α,β-unsaturated/α-hetero) is 1. The summed E-state index contributed by atoms with van der Waals surface area (Å²) in [6.07, 6.45) is 0. The lowest BCUT2D eigenvalue weighted by atomic mass is 9.79. The highest BCUT2D eigenvalue weighted by molar-refractivity contribution is 6.23. The summed E-state index contributed by atoms with van der Waals surface area (Å²) in [5.41, 5.74) is 4.38. The molecule has 0 unspecified atom stereocenters. The number of esters is 1. The predicted molar refractivity (Wildman–Crippen MR) is 112 cm³/mol. The Hall–Kier alpha value is -3.54. The summed E-state index contributed by atoms with van der Waals surface area (Å²) in [5.74, 6) is -0.216. The average molecular weight is 405 g/mol. The number of methoxy groups -OCH3 is 2. The molecule has 0 fully saturated rings. The fourth-order valence-electron chi connectivity index (χ4n) is 4.26. The maximum Gasteiger partial charge on any atom is 0.336 e. The van der Waals surface area contributed by atoms with Crippen LogP contribution in [0, 0.1) is 0 Å². The fourth-order valence-corrected chi connectivity index (χ4v) is 4.26. The third-order valence-corrected chi connectivity index (χ3v) is 5.49. The Bertz CT molecular complexity index is 1110. The van der Waals surface area contributed by atoms with Crippen molar-refractivity contribution in [2.45, 2.75) is 19.8 Å². The van der Waals surface area contributed by atoms with Crippen LogP contribution in [-0.2, 0) is 9.53 Å². The lowest BCUT2D eigenvalue weighted by Gasteiger charge is -2.30. The highest BCUT2D eigenvalue weighted by Crippen LogP contribution is 2.50. The van der Waals surface area contributed by atoms with Crippen molar-refractivity contribution in [1.29, 1.82) is 0 Å². The van der Waals surface area contributed by atoms with E-state index in [0.29, 0.717) is 39.5 Å². The summed E-state index contributed by atoms with van der Waals surface area (Å²) in [4.78, 5) is 26.4. The van der Waals surface area contributed by atoms with Gasteiger partial charge in [-0.25, -0.2) is 4.79 Å². The van der Waals surface area contributed by atoms with E-state index in [9.17, 15) is 9.59 Å². The molecule has 154 valence electrons. The molecule has 2 aromatic carbocycles. The van der Waals surface area contributed by atoms with Crippen LogP contribution in [0.15, 0.2) is 59.3 Å². The Kier molecular flexibility index (Phi) is 5.08. The van der Waals surface area contributed by atoms with Crippen molar-refractivity contribution in [1.82, 2.24) is 5.32 Å². The number of ether oxygens (including phenoxy) is 3. The molecule has 30 heavy (non-hydrogen) atoms. The van der Waals surface area contributed by atoms with Crippen LogP contribution < -0.4 is 14.8 Å². The first-order valence-electron chi connectivity index (χ1n) is 9.77. The molecule has 0 saturated carbocycles. The van der Waals surface area contributed by atoms with Crippen molar-refractivity contribution >= 4 is 17.4 Å². The Morgan fingerprint density at radius 3 is 2.43 bits per heavy atom. The summed E-state index contributed by atoms with van der Waals surface area (Å²) < 4.78 is 16.5. The molecule has 4 rings (SSSR count). The molecule has 6 nitrogen and oxygen atoms in total. The molecule has 1 aliphatic heterocycles. The zero-order valence-electron chi connectivity index (χ0n) is 17.4. The van der Waals surface area contributed by atoms with Crippen LogP contribution in [0.5, 0.6) is 11.5 Å². The minimum Gasteiger partial charge on any atom is -0.493 e. The van der Waals surface area contributed by atoms with E-state index in [2.05, 4.69) is 5.32 Å². The number of hydrogen-bond acceptors (Lipinski definition) is 6. The number of hydrogen-bond donors (Lipinski definition) is 1. The van der Waals surface area contributed by atoms with Crippen LogP contribution in [0.4, 0.5) is 0 Å². The van der Waals surface area contributed by atoms with Gasteiger partial charge in [0.15, 0.2) is 17.3 Å². The maximum absolute atomic E-state index is 13.5. The molecular formula is C24H23NO5. The summed E-state index contributed by atoms with van der Waals surface area (Å²) in [6, 6.07) is 12.9. The molecule has 2 aromatic rings. The minimum atomic E-state index is -0.648. The number of fused-ring (bicyclic) bond motifs is 2. The van der Waals surface area contributed by atoms with Crippen LogP contribution >= 0.6 is 0 Å². The quantitative estimate of drug-likeness (QED) is 0.762. The number of para-hydroxylation sites is 1. The van der Waals surface area contributed by atoms with Gasteiger partial charge >= 0.3 is 5.97 Å². The van der Waals surface area contributed by atoms with Gasteiger partial charge in [0.1, 0.15) is 0 Å². The molecule has 1 N–H and O–H groups in total. The number of carbonyl (C=O) groups excluding carboxylic acids is 2. The summed E-state index contributed by atoms with van der Waals surface area (Å²) in [7, 11) is 3.10. The molecule has 0 aromatic heterocycles. The molecule has 0 amide bonds. The van der Waals surface area contributed by atoms with E-state index in [-0.39, 0.29) is 12.4 Å². The second-order valence-corrected chi connectivity index (χ2v) is 7.06. The molecule has 2 aliphatic rings. The summed E-state index contributed by atoms with van der Waals surface area (Å²) >= 11 is 0. The summed E-state index contributed by atoms with van der Waals surface area (Å²) in [6.45, 7) is 3.81. The van der Waals surface area contributed by atoms with Gasteiger partial charge in [0, 0.05) is 28.0 Å². The van der Waals surface area contributed by atoms with E-state index in [0.717, 1.165) is 11.3 Å². The molecule has 1 aliphatic carbocycles. The normalized spacial score (nSPS) is 17.3. The molecule has 0 spiro atoms. The standard InChI is InChI=1S/C24H23NO5/c1-5-30-24(27)18-13(2)25-21-14-9-6-7-10-15(14)22(26)20(21)19(18)16-11-8-12-17(28-3)23(16)29-4/h6-12,19,25H,5H2,1-4H3/t19-/m0/s1. The highest BCUT2D eigenvalue weighted by Gasteiger charge is 2.44. The number of benzene rings is 2. The molecule has 1 atom stereocenters. The number of ketones is 1. The number of nitrogens with one attached hydrogen (secondary N) is 1. The number of dihydropyridines is 1. The minimum absolute atomic E-state index is 0.114. The van der Waals surface area contributed by atoms with E-state index < -0.39 is 11.9 Å². The number of allylic oxidation sites excluding steroid dienone is 2. The van der Waals surface area contributed by atoms with Crippen LogP contribution in [-0.4, -0.2) is 32.6 Å². The molecule has 0 bridgehead atoms. The lowest BCUT2D eigenvalue weighted by Crippen LogP contribution is -2.29. The zero-order chi connectivity index (χ0) is 21.4. The second kappa shape index (κ2) is 7.71. The lowest BCUT2D eigenvalue weighted by molar-refractivity contribution is -0.138. The van der Waals surface area contributed by atoms with Gasteiger partial charge in [-0.3, -0.25) is 4.79 Å². The predicted octanol–water partition coefficient (Wildman–Crippen LogP) is 3.84. The molecule has 0 saturated heterocycles. The van der Waals surface area contributed by atoms with E-state index in [1.807, 2.05) is 37.3 Å². The topological polar surface area (TPSA) is 73.9 Å². The zero-order valence-corrected chi connectivity index (χ0v) is 17.4. The molecular weight excluding hydrogens is 382 g/mol. The van der Waals surface area contributed by atoms with Crippen LogP contribution in [0.25, 0.3) is 5.70 Å². The highest BCUT2D eigenvalue weighted by atomic mass is 16.5. The van der Waals surface area contributed by atoms with Gasteiger partial charge in [0.2, 0.25) is 0 Å². The van der Waals surface area contributed by atoms with Crippen molar-refractivity contribution in [2.24, 2.45) is 0 Å². The monoisotopic (exact) mass is 405 g/mol. The molecule has 0 radical (unpaired) electrons. The van der Waals surface area contributed by atoms with Crippen LogP contribution in [0.2, 0.25) is 0 Å². The van der Waals surface area contributed by atoms with Crippen molar-refractivity contribution < 1.29 is 23.8 Å². The third kappa shape index (κ3) is 2.87. The van der Waals surface area contributed by atoms with Crippen molar-refractivity contribution in [2.75, 3.05) is 20.8 Å². The second-order valence-electron chi connectivity index (χ2n) is 7.06. The maximum atomic E-state index is 13.5. The van der Waals surface area contributed by atoms with Crippen LogP contribution in [0.3, 0.4) is 0 Å². The fraction of sp³-hybridized carbons (Fsp3) is 0.250. The SMILES string of the molecule is CCOC(=O)C1=C(C)NC2=C(C(=O)c3ccccc32)[C@H]1c1cccc(OC)c1OC. The Balaban J connectivity index is 1.99. The van der Waals surface area contributed by atoms with Crippen LogP contribution in [0.1, 0.15) is 41.3 Å². The van der Waals surface area contributed by atoms with Crippen molar-refractivity contribution in [3.05, 3.63) is 76.0 Å². The van der Waals surface area contributed by atoms with Gasteiger partial charge in [-0.1, -0.05) is 36.4 Å². The average Bonchev–Trinajstić information content (AvgIpc) is 3.04. The number of rotatable bonds is 5. The largest absolute Gasteiger partial charge is 0.493 e. The van der Waals surface area contributed by atoms with E-state index >= 15 is 0 Å². The van der Waals surface area contributed by atoms with E-state index in [1.54, 1.807) is 33.3 Å². The van der Waals surface area contributed by atoms with Crippen molar-refractivity contribution in [3.63, 3.8) is 0 Å². The molecule has 6 heteroatoms. The smallest absolute Gasteiger partial charge is 0.336 e. The third-order valence-electron chi connectivity index (χ3n) is 5.49. The molecule has 1 heterocycles. The van der Waals surface area contributed by atoms with Crippen molar-refractivity contribution in [3.8, 4) is 11.5 Å². The summed E-state index contributed by atoms with van der Waals surface area (Å²) in [5, 5.41) is 3.29. The van der Waals surface area contributed by atoms with E-state index in [1.165, 1.54) is 0 Å². The van der Waals surface area contributed by atoms with Gasteiger partial charge in [-0.05, 0) is 19.9 Å². The van der Waals surface area contributed by atoms with Gasteiger partial charge in [0.05, 0.1) is 38.0 Å². The van der Waals surface area contributed by atoms with Gasteiger partial charge in [-0.15, -0.1) is 0 Å². The Labute approximate surface area is 175 Å². The number of carbonyl (C=O) groups is 2. The first kappa shape index (κ1) is 19.8. The van der Waals surface area contributed by atoms with Gasteiger partial charge in [0.25, 0.3) is 0 Å². The van der Waals surface area contributed by atoms with Gasteiger partial charge < -0.3 is 19.5 Å². The first-order chi connectivity index (χ1) is 14.5. The van der Waals surface area contributed by atoms with E-state index in [4.69, 9.17) is 14.2 Å². The first-order valence-corrected chi connectivity index (χ1v) is 9.77. The van der Waals surface area contributed by atoms with Gasteiger partial charge in [-0.2, -0.15) is 0 Å². The Morgan fingerprint density at radius 2 is 1.77 bits per heavy atom.